The molecule has 1 saturated heterocycles. The highest BCUT2D eigenvalue weighted by atomic mass is 32.2. The van der Waals surface area contributed by atoms with Gasteiger partial charge in [0.15, 0.2) is 12.0 Å². The molecule has 0 radical (unpaired) electrons. The summed E-state index contributed by atoms with van der Waals surface area (Å²) >= 11 is -2.58. The van der Waals surface area contributed by atoms with Crippen molar-refractivity contribution in [3.05, 3.63) is 28.3 Å². The molecule has 0 aromatic heterocycles. The monoisotopic (exact) mass is 400 g/mol. The average Bonchev–Trinajstić information content (AvgIpc) is 2.99. The number of nitrogens with one attached hydrogen (secondary N) is 2. The van der Waals surface area contributed by atoms with Gasteiger partial charge in [-0.3, -0.25) is 24.4 Å². The Kier molecular flexibility index (Phi) is 6.73. The molecule has 2 N–H and O–H groups in total. The predicted molar refractivity (Wildman–Crippen MR) is 96.6 cm³/mol. The Labute approximate surface area is 159 Å². The summed E-state index contributed by atoms with van der Waals surface area (Å²) in [5.41, 5.74) is -0.869. The van der Waals surface area contributed by atoms with E-state index in [9.17, 15) is 23.7 Å². The number of benzene rings is 1. The van der Waals surface area contributed by atoms with Gasteiger partial charge in [-0.15, -0.1) is 0 Å². The molecule has 1 heterocycles. The molecule has 0 aliphatic carbocycles. The highest BCUT2D eigenvalue weighted by molar-refractivity contribution is 7.80. The Balaban J connectivity index is 1.94. The first-order valence-electron chi connectivity index (χ1n) is 8.28. The molecule has 1 aliphatic heterocycles. The SMILES string of the molecule is CC(C)(C)C(=O)OC1C[C@H](COc2ccc(NS(=O)[O-])cc2[N+](=O)[O-])CN1. The van der Waals surface area contributed by atoms with Crippen molar-refractivity contribution in [3.8, 4) is 5.75 Å². The zero-order chi connectivity index (χ0) is 20.2. The van der Waals surface area contributed by atoms with Gasteiger partial charge >= 0.3 is 11.7 Å². The molecule has 27 heavy (non-hydrogen) atoms. The van der Waals surface area contributed by atoms with Gasteiger partial charge in [0.25, 0.3) is 0 Å². The fourth-order valence-electron chi connectivity index (χ4n) is 2.44. The Hall–Kier alpha value is -2.24. The molecule has 3 atom stereocenters. The molecule has 2 unspecified atom stereocenters. The minimum absolute atomic E-state index is 0.00863. The first-order valence-corrected chi connectivity index (χ1v) is 9.35. The van der Waals surface area contributed by atoms with Crippen molar-refractivity contribution in [1.29, 1.82) is 0 Å². The number of nitrogens with zero attached hydrogens (tertiary/aromatic N) is 1. The highest BCUT2D eigenvalue weighted by Gasteiger charge is 2.32. The minimum Gasteiger partial charge on any atom is -0.755 e. The Morgan fingerprint density at radius 2 is 2.15 bits per heavy atom. The van der Waals surface area contributed by atoms with Gasteiger partial charge in [-0.2, -0.15) is 0 Å². The van der Waals surface area contributed by atoms with Gasteiger partial charge in [0, 0.05) is 36.2 Å². The maximum Gasteiger partial charge on any atom is 0.313 e. The van der Waals surface area contributed by atoms with Gasteiger partial charge in [-0.1, -0.05) is 0 Å². The van der Waals surface area contributed by atoms with Crippen LogP contribution in [0.1, 0.15) is 27.2 Å². The molecular weight excluding hydrogens is 378 g/mol. The molecule has 2 rings (SSSR count). The summed E-state index contributed by atoms with van der Waals surface area (Å²) in [6.45, 7) is 6.04. The van der Waals surface area contributed by atoms with Crippen LogP contribution in [-0.2, 0) is 20.8 Å². The molecule has 150 valence electrons. The molecule has 0 spiro atoms. The van der Waals surface area contributed by atoms with Crippen molar-refractivity contribution >= 4 is 28.6 Å². The van der Waals surface area contributed by atoms with Crippen LogP contribution in [0.3, 0.4) is 0 Å². The van der Waals surface area contributed by atoms with Crippen LogP contribution in [0.5, 0.6) is 5.75 Å². The zero-order valence-corrected chi connectivity index (χ0v) is 16.0. The highest BCUT2D eigenvalue weighted by Crippen LogP contribution is 2.31. The van der Waals surface area contributed by atoms with Gasteiger partial charge in [0.05, 0.1) is 22.6 Å². The summed E-state index contributed by atoms with van der Waals surface area (Å²) in [5.74, 6) is -0.261. The fourth-order valence-corrected chi connectivity index (χ4v) is 2.76. The van der Waals surface area contributed by atoms with E-state index < -0.39 is 27.8 Å². The third-order valence-electron chi connectivity index (χ3n) is 3.87. The Morgan fingerprint density at radius 3 is 2.74 bits per heavy atom. The van der Waals surface area contributed by atoms with E-state index in [4.69, 9.17) is 9.47 Å². The molecular formula is C16H22N3O7S-. The summed E-state index contributed by atoms with van der Waals surface area (Å²) < 4.78 is 34.3. The lowest BCUT2D eigenvalue weighted by molar-refractivity contribution is -0.385. The Bertz CT molecular complexity index is 735. The van der Waals surface area contributed by atoms with Gasteiger partial charge < -0.3 is 18.7 Å². The predicted octanol–water partition coefficient (Wildman–Crippen LogP) is 1.70. The second-order valence-corrected chi connectivity index (χ2v) is 7.91. The smallest absolute Gasteiger partial charge is 0.313 e. The molecule has 10 nitrogen and oxygen atoms in total. The molecule has 11 heteroatoms. The van der Waals surface area contributed by atoms with Crippen molar-refractivity contribution < 1.29 is 28.0 Å². The van der Waals surface area contributed by atoms with Crippen LogP contribution >= 0.6 is 0 Å². The van der Waals surface area contributed by atoms with E-state index in [1.807, 2.05) is 0 Å². The molecule has 1 aromatic carbocycles. The van der Waals surface area contributed by atoms with Crippen molar-refractivity contribution in [2.24, 2.45) is 11.3 Å². The third-order valence-corrected chi connectivity index (χ3v) is 4.28. The molecule has 0 bridgehead atoms. The molecule has 1 aromatic rings. The number of hydrogen-bond acceptors (Lipinski definition) is 8. The maximum absolute atomic E-state index is 11.9. The number of ether oxygens (including phenoxy) is 2. The van der Waals surface area contributed by atoms with Gasteiger partial charge in [0.2, 0.25) is 0 Å². The first-order chi connectivity index (χ1) is 12.6. The number of esters is 1. The number of carbonyl (C=O) groups excluding carboxylic acids is 1. The number of hydrogen-bond donors (Lipinski definition) is 2. The topological polar surface area (TPSA) is 143 Å². The van der Waals surface area contributed by atoms with Crippen molar-refractivity contribution in [3.63, 3.8) is 0 Å². The van der Waals surface area contributed by atoms with Crippen LogP contribution in [0.25, 0.3) is 0 Å². The van der Waals surface area contributed by atoms with E-state index in [0.29, 0.717) is 13.0 Å². The van der Waals surface area contributed by atoms with E-state index in [-0.39, 0.29) is 35.6 Å². The number of anilines is 1. The summed E-state index contributed by atoms with van der Waals surface area (Å²) in [6, 6.07) is 3.80. The third kappa shape index (κ3) is 6.15. The van der Waals surface area contributed by atoms with Crippen LogP contribution in [-0.4, -0.2) is 39.0 Å². The zero-order valence-electron chi connectivity index (χ0n) is 15.2. The van der Waals surface area contributed by atoms with Gasteiger partial charge in [0.1, 0.15) is 0 Å². The fraction of sp³-hybridized carbons (Fsp3) is 0.562. The summed E-state index contributed by atoms with van der Waals surface area (Å²) in [5, 5.41) is 14.3. The van der Waals surface area contributed by atoms with Crippen molar-refractivity contribution in [2.45, 2.75) is 33.4 Å². The summed E-state index contributed by atoms with van der Waals surface area (Å²) in [6.07, 6.45) is 0.114. The van der Waals surface area contributed by atoms with Crippen LogP contribution in [0.15, 0.2) is 18.2 Å². The second kappa shape index (κ2) is 8.63. The summed E-state index contributed by atoms with van der Waals surface area (Å²) in [7, 11) is 0. The minimum atomic E-state index is -2.58. The maximum atomic E-state index is 11.9. The molecule has 0 saturated carbocycles. The van der Waals surface area contributed by atoms with E-state index >= 15 is 0 Å². The number of nitro groups is 1. The molecule has 0 amide bonds. The van der Waals surface area contributed by atoms with Crippen LogP contribution < -0.4 is 14.8 Å². The van der Waals surface area contributed by atoms with Crippen molar-refractivity contribution in [2.75, 3.05) is 17.9 Å². The lowest BCUT2D eigenvalue weighted by Crippen LogP contribution is -2.33. The summed E-state index contributed by atoms with van der Waals surface area (Å²) in [4.78, 5) is 22.5. The second-order valence-electron chi connectivity index (χ2n) is 7.24. The normalized spacial score (nSPS) is 20.7. The lowest BCUT2D eigenvalue weighted by atomic mass is 9.97. The van der Waals surface area contributed by atoms with Crippen molar-refractivity contribution in [1.82, 2.24) is 5.32 Å². The van der Waals surface area contributed by atoms with Gasteiger partial charge in [-0.25, -0.2) is 0 Å². The van der Waals surface area contributed by atoms with Crippen LogP contribution in [0.2, 0.25) is 0 Å². The van der Waals surface area contributed by atoms with E-state index in [2.05, 4.69) is 10.0 Å². The average molecular weight is 400 g/mol. The molecule has 1 fully saturated rings. The standard InChI is InChI=1S/C16H23N3O7S/c1-16(2,3)15(20)26-14-6-10(8-17-14)9-25-13-5-4-11(18-27(23)24)7-12(13)19(21)22/h4-5,7,10,14,17-18H,6,8-9H2,1-3H3,(H,23,24)/p-1/t10-,14?/m0/s1. The number of carbonyl (C=O) groups is 1. The van der Waals surface area contributed by atoms with E-state index in [1.54, 1.807) is 20.8 Å². The van der Waals surface area contributed by atoms with Crippen LogP contribution in [0, 0.1) is 21.4 Å². The quantitative estimate of drug-likeness (QED) is 0.305. The van der Waals surface area contributed by atoms with Gasteiger partial charge in [-0.05, 0) is 32.9 Å². The van der Waals surface area contributed by atoms with Crippen LogP contribution in [0.4, 0.5) is 11.4 Å². The number of nitro benzene ring substituents is 1. The molecule has 1 aliphatic rings. The first kappa shape index (κ1) is 21.1. The van der Waals surface area contributed by atoms with E-state index in [1.165, 1.54) is 12.1 Å². The van der Waals surface area contributed by atoms with E-state index in [0.717, 1.165) is 6.07 Å². The Morgan fingerprint density at radius 1 is 1.44 bits per heavy atom. The number of rotatable bonds is 7. The largest absolute Gasteiger partial charge is 0.755 e. The lowest BCUT2D eigenvalue weighted by Gasteiger charge is -2.20.